The van der Waals surface area contributed by atoms with Crippen molar-refractivity contribution in [2.45, 2.75) is 57.4 Å². The average Bonchev–Trinajstić information content (AvgIpc) is 2.62. The van der Waals surface area contributed by atoms with Crippen molar-refractivity contribution in [2.24, 2.45) is 0 Å². The Bertz CT molecular complexity index is 798. The van der Waals surface area contributed by atoms with E-state index in [4.69, 9.17) is 5.11 Å². The van der Waals surface area contributed by atoms with E-state index < -0.39 is 16.0 Å². The number of benzene rings is 1. The third-order valence-corrected chi connectivity index (χ3v) is 6.74. The molecule has 1 aromatic rings. The number of carbonyl (C=O) groups excluding carboxylic acids is 1. The van der Waals surface area contributed by atoms with Gasteiger partial charge in [0, 0.05) is 31.2 Å². The number of aryl methyl sites for hydroxylation is 1. The normalized spacial score (nSPS) is 15.7. The summed E-state index contributed by atoms with van der Waals surface area (Å²) in [6.45, 7) is 6.44. The Morgan fingerprint density at radius 1 is 1.19 bits per heavy atom. The summed E-state index contributed by atoms with van der Waals surface area (Å²) in [5.74, 6) is -1.33. The predicted molar refractivity (Wildman–Crippen MR) is 102 cm³/mol. The molecule has 8 heteroatoms. The lowest BCUT2D eigenvalue weighted by molar-refractivity contribution is -0.137. The molecule has 1 amide bonds. The second-order valence-electron chi connectivity index (χ2n) is 7.18. The number of hydrogen-bond acceptors (Lipinski definition) is 4. The molecular weight excluding hydrogens is 368 g/mol. The largest absolute Gasteiger partial charge is 0.481 e. The highest BCUT2D eigenvalue weighted by Crippen LogP contribution is 2.24. The predicted octanol–water partition coefficient (Wildman–Crippen LogP) is 2.49. The summed E-state index contributed by atoms with van der Waals surface area (Å²) in [6.07, 6.45) is 2.55. The highest BCUT2D eigenvalue weighted by atomic mass is 32.2. The highest BCUT2D eigenvalue weighted by molar-refractivity contribution is 7.89. The van der Waals surface area contributed by atoms with Gasteiger partial charge < -0.3 is 10.0 Å². The minimum absolute atomic E-state index is 0.0778. The maximum Gasteiger partial charge on any atom is 0.305 e. The smallest absolute Gasteiger partial charge is 0.305 e. The maximum atomic E-state index is 13.0. The topological polar surface area (TPSA) is 95.0 Å². The van der Waals surface area contributed by atoms with Gasteiger partial charge in [-0.25, -0.2) is 8.42 Å². The van der Waals surface area contributed by atoms with E-state index in [2.05, 4.69) is 0 Å². The zero-order chi connectivity index (χ0) is 20.2. The van der Waals surface area contributed by atoms with E-state index in [0.717, 1.165) is 19.3 Å². The van der Waals surface area contributed by atoms with E-state index in [1.54, 1.807) is 13.0 Å². The van der Waals surface area contributed by atoms with Crippen molar-refractivity contribution < 1.29 is 23.1 Å². The maximum absolute atomic E-state index is 13.0. The first-order valence-electron chi connectivity index (χ1n) is 9.28. The van der Waals surface area contributed by atoms with Crippen molar-refractivity contribution in [1.29, 1.82) is 0 Å². The Hall–Kier alpha value is -1.93. The zero-order valence-electron chi connectivity index (χ0n) is 16.1. The monoisotopic (exact) mass is 396 g/mol. The number of carboxylic acid groups (broad SMARTS) is 1. The molecule has 0 aliphatic carbocycles. The van der Waals surface area contributed by atoms with Gasteiger partial charge in [0.05, 0.1) is 11.3 Å². The average molecular weight is 397 g/mol. The lowest BCUT2D eigenvalue weighted by Crippen LogP contribution is -2.39. The Labute approximate surface area is 161 Å². The number of hydrogen-bond donors (Lipinski definition) is 1. The molecule has 0 bridgehead atoms. The van der Waals surface area contributed by atoms with Gasteiger partial charge in [0.1, 0.15) is 0 Å². The van der Waals surface area contributed by atoms with Crippen molar-refractivity contribution in [3.8, 4) is 0 Å². The van der Waals surface area contributed by atoms with Crippen LogP contribution in [0.1, 0.15) is 55.5 Å². The van der Waals surface area contributed by atoms with Gasteiger partial charge in [-0.3, -0.25) is 9.59 Å². The summed E-state index contributed by atoms with van der Waals surface area (Å²) in [7, 11) is -3.64. The number of rotatable bonds is 7. The fraction of sp³-hybridized carbons (Fsp3) is 0.579. The number of sulfonamides is 1. The van der Waals surface area contributed by atoms with Crippen LogP contribution < -0.4 is 0 Å². The summed E-state index contributed by atoms with van der Waals surface area (Å²) >= 11 is 0. The molecule has 0 aromatic heterocycles. The van der Waals surface area contributed by atoms with Crippen molar-refractivity contribution >= 4 is 21.9 Å². The number of carbonyl (C=O) groups is 2. The summed E-state index contributed by atoms with van der Waals surface area (Å²) < 4.78 is 27.3. The Morgan fingerprint density at radius 2 is 1.81 bits per heavy atom. The number of amides is 1. The van der Waals surface area contributed by atoms with Gasteiger partial charge in [-0.1, -0.05) is 12.5 Å². The van der Waals surface area contributed by atoms with Crippen LogP contribution in [0.25, 0.3) is 0 Å². The van der Waals surface area contributed by atoms with E-state index in [9.17, 15) is 18.0 Å². The number of piperidine rings is 1. The van der Waals surface area contributed by atoms with Crippen LogP contribution in [0.5, 0.6) is 0 Å². The fourth-order valence-electron chi connectivity index (χ4n) is 3.21. The van der Waals surface area contributed by atoms with Gasteiger partial charge in [0.15, 0.2) is 0 Å². The van der Waals surface area contributed by atoms with Crippen LogP contribution in [-0.4, -0.2) is 60.3 Å². The molecule has 0 saturated carbocycles. The molecule has 1 saturated heterocycles. The lowest BCUT2D eigenvalue weighted by Gasteiger charge is -2.28. The molecular formula is C19H28N2O5S. The standard InChI is InChI=1S/C19H28N2O5S/c1-14(2)21(12-9-18(22)23)19(24)17-13-16(8-7-15(17)3)27(25,26)20-10-5-4-6-11-20/h7-8,13-14H,4-6,9-12H2,1-3H3,(H,22,23). The molecule has 7 nitrogen and oxygen atoms in total. The third-order valence-electron chi connectivity index (χ3n) is 4.84. The van der Waals surface area contributed by atoms with Gasteiger partial charge >= 0.3 is 5.97 Å². The molecule has 2 rings (SSSR count). The molecule has 0 radical (unpaired) electrons. The molecule has 0 spiro atoms. The molecule has 1 N–H and O–H groups in total. The Morgan fingerprint density at radius 3 is 2.37 bits per heavy atom. The van der Waals surface area contributed by atoms with Gasteiger partial charge in [-0.2, -0.15) is 4.31 Å². The number of carboxylic acids is 1. The van der Waals surface area contributed by atoms with E-state index in [0.29, 0.717) is 24.2 Å². The van der Waals surface area contributed by atoms with Gasteiger partial charge in [-0.15, -0.1) is 0 Å². The van der Waals surface area contributed by atoms with Crippen molar-refractivity contribution in [3.63, 3.8) is 0 Å². The summed E-state index contributed by atoms with van der Waals surface area (Å²) in [6, 6.07) is 4.41. The van der Waals surface area contributed by atoms with Crippen molar-refractivity contribution in [1.82, 2.24) is 9.21 Å². The molecule has 1 heterocycles. The van der Waals surface area contributed by atoms with Crippen LogP contribution in [-0.2, 0) is 14.8 Å². The van der Waals surface area contributed by atoms with Crippen molar-refractivity contribution in [2.75, 3.05) is 19.6 Å². The van der Waals surface area contributed by atoms with Crippen LogP contribution in [0.4, 0.5) is 0 Å². The van der Waals surface area contributed by atoms with Gasteiger partial charge in [-0.05, 0) is 51.3 Å². The molecule has 0 unspecified atom stereocenters. The van der Waals surface area contributed by atoms with Crippen molar-refractivity contribution in [3.05, 3.63) is 29.3 Å². The van der Waals surface area contributed by atoms with Crippen LogP contribution in [0.3, 0.4) is 0 Å². The first-order chi connectivity index (χ1) is 12.6. The van der Waals surface area contributed by atoms with Gasteiger partial charge in [0.25, 0.3) is 5.91 Å². The summed E-state index contributed by atoms with van der Waals surface area (Å²) in [5, 5.41) is 8.92. The van der Waals surface area contributed by atoms with Crippen LogP contribution in [0.15, 0.2) is 23.1 Å². The zero-order valence-corrected chi connectivity index (χ0v) is 17.0. The SMILES string of the molecule is Cc1ccc(S(=O)(=O)N2CCCCC2)cc1C(=O)N(CCC(=O)O)C(C)C. The number of aliphatic carboxylic acids is 1. The molecule has 1 aliphatic heterocycles. The third kappa shape index (κ3) is 5.07. The summed E-state index contributed by atoms with van der Waals surface area (Å²) in [4.78, 5) is 25.5. The quantitative estimate of drug-likeness (QED) is 0.764. The van der Waals surface area contributed by atoms with Crippen LogP contribution in [0, 0.1) is 6.92 Å². The number of nitrogens with zero attached hydrogens (tertiary/aromatic N) is 2. The summed E-state index contributed by atoms with van der Waals surface area (Å²) in [5.41, 5.74) is 0.964. The van der Waals surface area contributed by atoms with Gasteiger partial charge in [0.2, 0.25) is 10.0 Å². The van der Waals surface area contributed by atoms with E-state index >= 15 is 0 Å². The Balaban J connectivity index is 2.35. The molecule has 1 aliphatic rings. The lowest BCUT2D eigenvalue weighted by atomic mass is 10.1. The Kier molecular flexibility index (Phi) is 7.00. The first kappa shape index (κ1) is 21.4. The highest BCUT2D eigenvalue weighted by Gasteiger charge is 2.28. The molecule has 150 valence electrons. The van der Waals surface area contributed by atoms with E-state index in [-0.39, 0.29) is 29.8 Å². The van der Waals surface area contributed by atoms with E-state index in [1.807, 2.05) is 13.8 Å². The molecule has 1 aromatic carbocycles. The minimum atomic E-state index is -3.64. The first-order valence-corrected chi connectivity index (χ1v) is 10.7. The van der Waals surface area contributed by atoms with Crippen LogP contribution >= 0.6 is 0 Å². The fourth-order valence-corrected chi connectivity index (χ4v) is 4.76. The molecule has 27 heavy (non-hydrogen) atoms. The second kappa shape index (κ2) is 8.84. The van der Waals surface area contributed by atoms with E-state index in [1.165, 1.54) is 21.3 Å². The van der Waals surface area contributed by atoms with Crippen LogP contribution in [0.2, 0.25) is 0 Å². The second-order valence-corrected chi connectivity index (χ2v) is 9.12. The molecule has 1 fully saturated rings. The molecule has 0 atom stereocenters. The minimum Gasteiger partial charge on any atom is -0.481 e.